The summed E-state index contributed by atoms with van der Waals surface area (Å²) >= 11 is 1.34. The molecule has 0 spiro atoms. The number of methoxy groups -OCH3 is 1. The first kappa shape index (κ1) is 20.7. The second-order valence-corrected chi connectivity index (χ2v) is 9.17. The number of nitrogens with zero attached hydrogens (tertiary/aromatic N) is 3. The highest BCUT2D eigenvalue weighted by Gasteiger charge is 2.16. The molecule has 1 amide bonds. The molecule has 2 heterocycles. The molecule has 0 atom stereocenters. The minimum absolute atomic E-state index is 0.0806. The molecule has 31 heavy (non-hydrogen) atoms. The van der Waals surface area contributed by atoms with Crippen LogP contribution < -0.4 is 14.8 Å². The number of aromatic nitrogens is 3. The van der Waals surface area contributed by atoms with Crippen molar-refractivity contribution in [3.8, 4) is 17.0 Å². The molecule has 4 rings (SSSR count). The van der Waals surface area contributed by atoms with Crippen LogP contribution in [0, 0.1) is 0 Å². The van der Waals surface area contributed by atoms with E-state index < -0.39 is 10.0 Å². The first-order valence-corrected chi connectivity index (χ1v) is 11.3. The molecule has 0 aliphatic heterocycles. The number of ether oxygens (including phenoxy) is 1. The predicted molar refractivity (Wildman–Crippen MR) is 119 cm³/mol. The Hall–Kier alpha value is -3.57. The van der Waals surface area contributed by atoms with Crippen LogP contribution in [-0.2, 0) is 14.8 Å². The molecule has 2 aromatic heterocycles. The van der Waals surface area contributed by atoms with Crippen molar-refractivity contribution >= 4 is 48.4 Å². The van der Waals surface area contributed by atoms with E-state index in [2.05, 4.69) is 25.0 Å². The van der Waals surface area contributed by atoms with E-state index in [4.69, 9.17) is 4.74 Å². The van der Waals surface area contributed by atoms with Crippen LogP contribution in [0.25, 0.3) is 21.5 Å². The van der Waals surface area contributed by atoms with Crippen LogP contribution in [0.5, 0.6) is 5.75 Å². The smallest absolute Gasteiger partial charge is 0.263 e. The fraction of sp³-hybridized carbons (Fsp3) is 0.100. The van der Waals surface area contributed by atoms with Crippen LogP contribution in [0.1, 0.15) is 6.92 Å². The molecule has 158 valence electrons. The van der Waals surface area contributed by atoms with Gasteiger partial charge in [0.25, 0.3) is 10.0 Å². The van der Waals surface area contributed by atoms with Gasteiger partial charge in [0.2, 0.25) is 5.91 Å². The second kappa shape index (κ2) is 8.28. The van der Waals surface area contributed by atoms with Gasteiger partial charge in [-0.25, -0.2) is 18.4 Å². The molecule has 0 aliphatic carbocycles. The summed E-state index contributed by atoms with van der Waals surface area (Å²) in [5, 5.41) is 3.17. The Kier molecular flexibility index (Phi) is 5.53. The third-order valence-corrected chi connectivity index (χ3v) is 6.51. The van der Waals surface area contributed by atoms with Crippen LogP contribution in [0.15, 0.2) is 59.8 Å². The maximum Gasteiger partial charge on any atom is 0.263 e. The number of amides is 1. The lowest BCUT2D eigenvalue weighted by Crippen LogP contribution is -2.14. The van der Waals surface area contributed by atoms with E-state index in [9.17, 15) is 13.2 Å². The minimum Gasteiger partial charge on any atom is -0.497 e. The van der Waals surface area contributed by atoms with E-state index in [1.807, 2.05) is 18.2 Å². The van der Waals surface area contributed by atoms with Gasteiger partial charge in [-0.3, -0.25) is 14.5 Å². The lowest BCUT2D eigenvalue weighted by atomic mass is 10.1. The van der Waals surface area contributed by atoms with Gasteiger partial charge < -0.3 is 10.1 Å². The average Bonchev–Trinajstić information content (AvgIpc) is 3.14. The van der Waals surface area contributed by atoms with E-state index in [1.54, 1.807) is 18.3 Å². The summed E-state index contributed by atoms with van der Waals surface area (Å²) in [6, 6.07) is 11.5. The molecular weight excluding hydrogens is 438 g/mol. The van der Waals surface area contributed by atoms with Gasteiger partial charge in [0.05, 0.1) is 40.3 Å². The van der Waals surface area contributed by atoms with Crippen LogP contribution >= 0.6 is 11.3 Å². The summed E-state index contributed by atoms with van der Waals surface area (Å²) in [5.41, 5.74) is 1.97. The van der Waals surface area contributed by atoms with Gasteiger partial charge in [0, 0.05) is 12.5 Å². The highest BCUT2D eigenvalue weighted by atomic mass is 32.2. The monoisotopic (exact) mass is 455 g/mol. The summed E-state index contributed by atoms with van der Waals surface area (Å²) in [7, 11) is -2.33. The molecule has 0 fully saturated rings. The Morgan fingerprint density at radius 1 is 1.06 bits per heavy atom. The molecule has 0 aliphatic rings. The van der Waals surface area contributed by atoms with Crippen molar-refractivity contribution in [2.45, 2.75) is 11.8 Å². The number of rotatable bonds is 6. The fourth-order valence-corrected chi connectivity index (χ4v) is 4.73. The van der Waals surface area contributed by atoms with E-state index in [0.717, 1.165) is 15.8 Å². The van der Waals surface area contributed by atoms with E-state index in [1.165, 1.54) is 43.7 Å². The molecule has 0 saturated carbocycles. The molecule has 11 heteroatoms. The second-order valence-electron chi connectivity index (χ2n) is 6.45. The number of carbonyl (C=O) groups excluding carboxylic acids is 1. The summed E-state index contributed by atoms with van der Waals surface area (Å²) in [6.07, 6.45) is 2.88. The van der Waals surface area contributed by atoms with Gasteiger partial charge in [-0.1, -0.05) is 17.4 Å². The topological polar surface area (TPSA) is 123 Å². The summed E-state index contributed by atoms with van der Waals surface area (Å²) in [5.74, 6) is 0.458. The first-order chi connectivity index (χ1) is 14.8. The number of hydrogen-bond donors (Lipinski definition) is 2. The molecule has 2 N–H and O–H groups in total. The van der Waals surface area contributed by atoms with Crippen molar-refractivity contribution in [1.82, 2.24) is 15.0 Å². The molecule has 2 aromatic carbocycles. The number of carbonyl (C=O) groups is 1. The van der Waals surface area contributed by atoms with Crippen LogP contribution in [0.2, 0.25) is 0 Å². The van der Waals surface area contributed by atoms with Gasteiger partial charge in [0.1, 0.15) is 5.75 Å². The SMILES string of the molecule is COc1ccc(S(=O)(=O)Nc2cncc(-c3ccc4nc(NC(C)=O)sc4c3)n2)cc1. The Balaban J connectivity index is 1.61. The maximum atomic E-state index is 12.7. The van der Waals surface area contributed by atoms with Gasteiger partial charge in [-0.05, 0) is 36.4 Å². The normalized spacial score (nSPS) is 11.3. The maximum absolute atomic E-state index is 12.7. The van der Waals surface area contributed by atoms with Crippen LogP contribution in [0.3, 0.4) is 0 Å². The van der Waals surface area contributed by atoms with Crippen LogP contribution in [-0.4, -0.2) is 36.4 Å². The van der Waals surface area contributed by atoms with Gasteiger partial charge >= 0.3 is 0 Å². The minimum atomic E-state index is -3.84. The molecule has 4 aromatic rings. The number of fused-ring (bicyclic) bond motifs is 1. The van der Waals surface area contributed by atoms with E-state index in [-0.39, 0.29) is 16.6 Å². The molecular formula is C20H17N5O4S2. The lowest BCUT2D eigenvalue weighted by Gasteiger charge is -2.09. The molecule has 0 unspecified atom stereocenters. The van der Waals surface area contributed by atoms with Crippen molar-refractivity contribution in [3.05, 3.63) is 54.9 Å². The fourth-order valence-electron chi connectivity index (χ4n) is 2.79. The van der Waals surface area contributed by atoms with Crippen molar-refractivity contribution in [3.63, 3.8) is 0 Å². The van der Waals surface area contributed by atoms with Crippen LogP contribution in [0.4, 0.5) is 10.9 Å². The molecule has 9 nitrogen and oxygen atoms in total. The number of benzene rings is 2. The number of nitrogens with one attached hydrogen (secondary N) is 2. The number of anilines is 2. The first-order valence-electron chi connectivity index (χ1n) is 9.01. The highest BCUT2D eigenvalue weighted by Crippen LogP contribution is 2.30. The number of thiazole rings is 1. The largest absolute Gasteiger partial charge is 0.497 e. The Bertz CT molecular complexity index is 1370. The zero-order valence-electron chi connectivity index (χ0n) is 16.5. The summed E-state index contributed by atoms with van der Waals surface area (Å²) in [4.78, 5) is 24.2. The quantitative estimate of drug-likeness (QED) is 0.456. The standard InChI is InChI=1S/C20H17N5O4S2/c1-12(26)22-20-24-16-8-3-13(9-18(16)30-20)17-10-21-11-19(23-17)25-31(27,28)15-6-4-14(29-2)5-7-15/h3-11H,1-2H3,(H,23,25)(H,22,24,26). The number of sulfonamides is 1. The molecule has 0 radical (unpaired) electrons. The van der Waals surface area contributed by atoms with Crippen molar-refractivity contribution < 1.29 is 17.9 Å². The Morgan fingerprint density at radius 2 is 1.84 bits per heavy atom. The van der Waals surface area contributed by atoms with Gasteiger partial charge in [-0.2, -0.15) is 0 Å². The molecule has 0 bridgehead atoms. The lowest BCUT2D eigenvalue weighted by molar-refractivity contribution is -0.114. The van der Waals surface area contributed by atoms with E-state index in [0.29, 0.717) is 16.6 Å². The average molecular weight is 456 g/mol. The Labute approximate surface area is 182 Å². The number of hydrogen-bond acceptors (Lipinski definition) is 8. The third-order valence-electron chi connectivity index (χ3n) is 4.21. The van der Waals surface area contributed by atoms with Gasteiger partial charge in [0.15, 0.2) is 10.9 Å². The molecule has 0 saturated heterocycles. The van der Waals surface area contributed by atoms with E-state index >= 15 is 0 Å². The zero-order valence-corrected chi connectivity index (χ0v) is 18.1. The van der Waals surface area contributed by atoms with Gasteiger partial charge in [-0.15, -0.1) is 0 Å². The summed E-state index contributed by atoms with van der Waals surface area (Å²) in [6.45, 7) is 1.42. The van der Waals surface area contributed by atoms with Crippen molar-refractivity contribution in [1.29, 1.82) is 0 Å². The van der Waals surface area contributed by atoms with Crippen molar-refractivity contribution in [2.24, 2.45) is 0 Å². The predicted octanol–water partition coefficient (Wildman–Crippen LogP) is 3.52. The Morgan fingerprint density at radius 3 is 2.55 bits per heavy atom. The third kappa shape index (κ3) is 4.62. The van der Waals surface area contributed by atoms with Crippen molar-refractivity contribution in [2.75, 3.05) is 17.1 Å². The zero-order chi connectivity index (χ0) is 22.0. The summed E-state index contributed by atoms with van der Waals surface area (Å²) < 4.78 is 33.7. The highest BCUT2D eigenvalue weighted by molar-refractivity contribution is 7.92.